The Morgan fingerprint density at radius 2 is 2.00 bits per heavy atom. The van der Waals surface area contributed by atoms with E-state index >= 15 is 0 Å². The molecule has 0 bridgehead atoms. The van der Waals surface area contributed by atoms with Crippen molar-refractivity contribution in [3.63, 3.8) is 0 Å². The van der Waals surface area contributed by atoms with Crippen LogP contribution in [0.15, 0.2) is 0 Å². The number of aliphatic carboxylic acids is 1. The summed E-state index contributed by atoms with van der Waals surface area (Å²) in [6, 6.07) is -2.49. The quantitative estimate of drug-likeness (QED) is 0.587. The highest BCUT2D eigenvalue weighted by Crippen LogP contribution is 2.08. The predicted octanol–water partition coefficient (Wildman–Crippen LogP) is 0.0980. The fourth-order valence-corrected chi connectivity index (χ4v) is 2.15. The molecule has 0 aliphatic heterocycles. The highest BCUT2D eigenvalue weighted by atomic mass is 32.2. The van der Waals surface area contributed by atoms with Crippen LogP contribution in [0.25, 0.3) is 0 Å². The Bertz CT molecular complexity index is 338. The number of likely N-dealkylation sites (N-methyl/N-ethyl adjacent to an activating group) is 1. The lowest BCUT2D eigenvalue weighted by molar-refractivity contribution is -0.149. The molecule has 8 heteroatoms. The lowest BCUT2D eigenvalue weighted by Gasteiger charge is -2.28. The van der Waals surface area contributed by atoms with Gasteiger partial charge in [0.1, 0.15) is 12.1 Å². The molecule has 3 amide bonds. The molecule has 0 fully saturated rings. The van der Waals surface area contributed by atoms with Crippen LogP contribution in [0.4, 0.5) is 4.79 Å². The molecule has 2 unspecified atom stereocenters. The number of rotatable bonds is 8. The van der Waals surface area contributed by atoms with Crippen molar-refractivity contribution in [2.75, 3.05) is 19.1 Å². The molecule has 0 radical (unpaired) electrons. The van der Waals surface area contributed by atoms with E-state index in [2.05, 4.69) is 5.32 Å². The number of hydrogen-bond acceptors (Lipinski definition) is 4. The van der Waals surface area contributed by atoms with Crippen LogP contribution >= 0.6 is 11.8 Å². The van der Waals surface area contributed by atoms with E-state index in [9.17, 15) is 14.4 Å². The Morgan fingerprint density at radius 1 is 1.42 bits per heavy atom. The van der Waals surface area contributed by atoms with Crippen LogP contribution < -0.4 is 11.1 Å². The standard InChI is InChI=1S/C11H21N3O4S/c1-4-8(10(16)17)14(2)9(15)7(5-6-19-3)13-11(12)18/h7-8H,4-6H2,1-3H3,(H,16,17)(H3,12,13,18). The number of carboxylic acids is 1. The lowest BCUT2D eigenvalue weighted by Crippen LogP contribution is -2.53. The van der Waals surface area contributed by atoms with Gasteiger partial charge in [-0.05, 0) is 24.9 Å². The third kappa shape index (κ3) is 5.82. The molecule has 19 heavy (non-hydrogen) atoms. The monoisotopic (exact) mass is 291 g/mol. The molecular weight excluding hydrogens is 270 g/mol. The van der Waals surface area contributed by atoms with Gasteiger partial charge >= 0.3 is 12.0 Å². The van der Waals surface area contributed by atoms with E-state index < -0.39 is 30.0 Å². The van der Waals surface area contributed by atoms with E-state index in [1.807, 2.05) is 6.26 Å². The molecule has 7 nitrogen and oxygen atoms in total. The van der Waals surface area contributed by atoms with Crippen LogP contribution in [-0.2, 0) is 9.59 Å². The first-order valence-corrected chi connectivity index (χ1v) is 7.28. The van der Waals surface area contributed by atoms with Gasteiger partial charge in [0, 0.05) is 7.05 Å². The Morgan fingerprint density at radius 3 is 2.37 bits per heavy atom. The SMILES string of the molecule is CCC(C(=O)O)N(C)C(=O)C(CCSC)NC(N)=O. The summed E-state index contributed by atoms with van der Waals surface area (Å²) in [7, 11) is 1.42. The van der Waals surface area contributed by atoms with E-state index in [4.69, 9.17) is 10.8 Å². The largest absolute Gasteiger partial charge is 0.480 e. The number of carboxylic acid groups (broad SMARTS) is 1. The Labute approximate surface area is 116 Å². The van der Waals surface area contributed by atoms with Gasteiger partial charge in [0.15, 0.2) is 0 Å². The van der Waals surface area contributed by atoms with Crippen molar-refractivity contribution in [3.8, 4) is 0 Å². The van der Waals surface area contributed by atoms with Crippen LogP contribution in [0, 0.1) is 0 Å². The maximum Gasteiger partial charge on any atom is 0.326 e. The van der Waals surface area contributed by atoms with Crippen molar-refractivity contribution in [3.05, 3.63) is 0 Å². The van der Waals surface area contributed by atoms with Crippen molar-refractivity contribution >= 4 is 29.7 Å². The van der Waals surface area contributed by atoms with Crippen molar-refractivity contribution < 1.29 is 19.5 Å². The summed E-state index contributed by atoms with van der Waals surface area (Å²) < 4.78 is 0. The minimum absolute atomic E-state index is 0.295. The first-order chi connectivity index (χ1) is 8.84. The minimum atomic E-state index is -1.07. The zero-order valence-corrected chi connectivity index (χ0v) is 12.2. The average molecular weight is 291 g/mol. The zero-order chi connectivity index (χ0) is 15.0. The molecule has 0 aliphatic carbocycles. The van der Waals surface area contributed by atoms with Crippen LogP contribution in [0.2, 0.25) is 0 Å². The smallest absolute Gasteiger partial charge is 0.326 e. The summed E-state index contributed by atoms with van der Waals surface area (Å²) in [5, 5.41) is 11.4. The second-order valence-electron chi connectivity index (χ2n) is 4.05. The number of carbonyl (C=O) groups excluding carboxylic acids is 2. The molecule has 0 rings (SSSR count). The van der Waals surface area contributed by atoms with E-state index in [1.54, 1.807) is 6.92 Å². The molecule has 4 N–H and O–H groups in total. The number of nitrogens with one attached hydrogen (secondary N) is 1. The van der Waals surface area contributed by atoms with Gasteiger partial charge in [0.05, 0.1) is 0 Å². The lowest BCUT2D eigenvalue weighted by atomic mass is 10.1. The number of primary amides is 1. The second kappa shape index (κ2) is 8.63. The van der Waals surface area contributed by atoms with Crippen LogP contribution in [0.5, 0.6) is 0 Å². The van der Waals surface area contributed by atoms with Gasteiger partial charge in [0.2, 0.25) is 5.91 Å². The van der Waals surface area contributed by atoms with Gasteiger partial charge < -0.3 is 21.1 Å². The van der Waals surface area contributed by atoms with Gasteiger partial charge in [-0.25, -0.2) is 9.59 Å². The van der Waals surface area contributed by atoms with E-state index in [0.717, 1.165) is 4.90 Å². The number of carbonyl (C=O) groups is 3. The number of thioether (sulfide) groups is 1. The maximum atomic E-state index is 12.2. The van der Waals surface area contributed by atoms with Crippen molar-refractivity contribution in [1.29, 1.82) is 0 Å². The third-order valence-electron chi connectivity index (χ3n) is 2.71. The Balaban J connectivity index is 4.84. The molecule has 0 saturated heterocycles. The summed E-state index contributed by atoms with van der Waals surface area (Å²) in [5.41, 5.74) is 5.03. The maximum absolute atomic E-state index is 12.2. The second-order valence-corrected chi connectivity index (χ2v) is 5.04. The number of nitrogens with zero attached hydrogens (tertiary/aromatic N) is 1. The summed E-state index contributed by atoms with van der Waals surface area (Å²) in [6.45, 7) is 1.68. The Hall–Kier alpha value is -1.44. The molecule has 0 aromatic rings. The third-order valence-corrected chi connectivity index (χ3v) is 3.36. The molecule has 0 aromatic carbocycles. The summed E-state index contributed by atoms with van der Waals surface area (Å²) in [5.74, 6) is -0.850. The van der Waals surface area contributed by atoms with Gasteiger partial charge in [-0.1, -0.05) is 6.92 Å². The van der Waals surface area contributed by atoms with Crippen LogP contribution in [0.1, 0.15) is 19.8 Å². The highest BCUT2D eigenvalue weighted by molar-refractivity contribution is 7.98. The number of hydrogen-bond donors (Lipinski definition) is 3. The molecule has 0 saturated carbocycles. The van der Waals surface area contributed by atoms with E-state index in [1.165, 1.54) is 18.8 Å². The van der Waals surface area contributed by atoms with Gasteiger partial charge in [0.25, 0.3) is 0 Å². The van der Waals surface area contributed by atoms with E-state index in [0.29, 0.717) is 18.6 Å². The fraction of sp³-hybridized carbons (Fsp3) is 0.727. The normalized spacial score (nSPS) is 13.4. The molecule has 0 aliphatic rings. The van der Waals surface area contributed by atoms with Crippen molar-refractivity contribution in [2.45, 2.75) is 31.8 Å². The van der Waals surface area contributed by atoms with Crippen molar-refractivity contribution in [2.24, 2.45) is 5.73 Å². The van der Waals surface area contributed by atoms with Gasteiger partial charge in [-0.15, -0.1) is 0 Å². The fourth-order valence-electron chi connectivity index (χ4n) is 1.68. The molecule has 0 aromatic heterocycles. The van der Waals surface area contributed by atoms with Gasteiger partial charge in [-0.3, -0.25) is 4.79 Å². The first kappa shape index (κ1) is 17.6. The topological polar surface area (TPSA) is 113 Å². The summed E-state index contributed by atoms with van der Waals surface area (Å²) in [4.78, 5) is 35.2. The first-order valence-electron chi connectivity index (χ1n) is 5.89. The number of amides is 3. The molecule has 110 valence electrons. The molecule has 2 atom stereocenters. The summed E-state index contributed by atoms with van der Waals surface area (Å²) in [6.07, 6.45) is 2.58. The zero-order valence-electron chi connectivity index (χ0n) is 11.4. The molecule has 0 spiro atoms. The number of urea groups is 1. The molecule has 0 heterocycles. The van der Waals surface area contributed by atoms with E-state index in [-0.39, 0.29) is 0 Å². The Kier molecular flexibility index (Phi) is 7.97. The van der Waals surface area contributed by atoms with Crippen LogP contribution in [-0.4, -0.2) is 59.1 Å². The predicted molar refractivity (Wildman–Crippen MR) is 74.0 cm³/mol. The summed E-state index contributed by atoms with van der Waals surface area (Å²) >= 11 is 1.53. The van der Waals surface area contributed by atoms with Crippen LogP contribution in [0.3, 0.4) is 0 Å². The minimum Gasteiger partial charge on any atom is -0.480 e. The number of nitrogens with two attached hydrogens (primary N) is 1. The average Bonchev–Trinajstić information content (AvgIpc) is 2.33. The molecular formula is C11H21N3O4S. The van der Waals surface area contributed by atoms with Crippen molar-refractivity contribution in [1.82, 2.24) is 10.2 Å². The highest BCUT2D eigenvalue weighted by Gasteiger charge is 2.30. The van der Waals surface area contributed by atoms with Gasteiger partial charge in [-0.2, -0.15) is 11.8 Å².